The predicted octanol–water partition coefficient (Wildman–Crippen LogP) is 4.19. The van der Waals surface area contributed by atoms with E-state index < -0.39 is 0 Å². The highest BCUT2D eigenvalue weighted by molar-refractivity contribution is 14.1. The highest BCUT2D eigenvalue weighted by Gasteiger charge is 2.20. The van der Waals surface area contributed by atoms with Gasteiger partial charge in [0.1, 0.15) is 0 Å². The van der Waals surface area contributed by atoms with Gasteiger partial charge in [-0.15, -0.1) is 0 Å². The first kappa shape index (κ1) is 17.3. The third kappa shape index (κ3) is 3.48. The lowest BCUT2D eigenvalue weighted by Gasteiger charge is -2.20. The Balaban J connectivity index is 2.43. The molecule has 0 saturated carbocycles. The van der Waals surface area contributed by atoms with Crippen molar-refractivity contribution in [3.8, 4) is 11.5 Å². The number of ether oxygens (including phenoxy) is 2. The second-order valence-electron chi connectivity index (χ2n) is 4.50. The lowest BCUT2D eigenvalue weighted by atomic mass is 10.1. The summed E-state index contributed by atoms with van der Waals surface area (Å²) in [6.07, 6.45) is 0. The molecule has 2 rings (SSSR count). The Labute approximate surface area is 157 Å². The van der Waals surface area contributed by atoms with Gasteiger partial charge < -0.3 is 14.4 Å². The molecule has 6 heteroatoms. The molecule has 0 unspecified atom stereocenters. The Morgan fingerprint density at radius 1 is 1.00 bits per heavy atom. The molecule has 2 aromatic rings. The van der Waals surface area contributed by atoms with Crippen LogP contribution in [0, 0.1) is 7.14 Å². The van der Waals surface area contributed by atoms with Gasteiger partial charge in [-0.3, -0.25) is 4.79 Å². The normalized spacial score (nSPS) is 10.2. The molecule has 0 aromatic heterocycles. The summed E-state index contributed by atoms with van der Waals surface area (Å²) in [5, 5.41) is 0. The van der Waals surface area contributed by atoms with Gasteiger partial charge in [0.2, 0.25) is 0 Å². The number of para-hydroxylation sites is 1. The SMILES string of the molecule is COc1cc(I)c(C(=O)N(C)c2ccccc2I)cc1OC. The number of halogens is 2. The molecule has 1 amide bonds. The summed E-state index contributed by atoms with van der Waals surface area (Å²) >= 11 is 4.36. The first-order valence-electron chi connectivity index (χ1n) is 6.43. The van der Waals surface area contributed by atoms with Gasteiger partial charge in [0.25, 0.3) is 5.91 Å². The number of methoxy groups -OCH3 is 2. The van der Waals surface area contributed by atoms with Crippen molar-refractivity contribution in [3.05, 3.63) is 49.1 Å². The van der Waals surface area contributed by atoms with Crippen LogP contribution in [-0.4, -0.2) is 27.2 Å². The summed E-state index contributed by atoms with van der Waals surface area (Å²) in [5.74, 6) is 1.07. The fourth-order valence-corrected chi connectivity index (χ4v) is 3.45. The fourth-order valence-electron chi connectivity index (χ4n) is 2.03. The number of carbonyl (C=O) groups is 1. The van der Waals surface area contributed by atoms with Crippen LogP contribution in [0.2, 0.25) is 0 Å². The van der Waals surface area contributed by atoms with E-state index in [-0.39, 0.29) is 5.91 Å². The molecule has 0 fully saturated rings. The van der Waals surface area contributed by atoms with E-state index in [2.05, 4.69) is 45.2 Å². The average molecular weight is 523 g/mol. The standard InChI is InChI=1S/C16H15I2NO3/c1-19(13-7-5-4-6-11(13)17)16(20)10-8-14(21-2)15(22-3)9-12(10)18/h4-9H,1-3H3. The number of benzene rings is 2. The average Bonchev–Trinajstić information content (AvgIpc) is 2.53. The van der Waals surface area contributed by atoms with Crippen LogP contribution in [0.4, 0.5) is 5.69 Å². The van der Waals surface area contributed by atoms with Gasteiger partial charge in [0.15, 0.2) is 11.5 Å². The zero-order valence-corrected chi connectivity index (χ0v) is 16.7. The molecule has 116 valence electrons. The van der Waals surface area contributed by atoms with Gasteiger partial charge in [0, 0.05) is 14.2 Å². The summed E-state index contributed by atoms with van der Waals surface area (Å²) < 4.78 is 12.4. The minimum atomic E-state index is -0.0885. The third-order valence-corrected chi connectivity index (χ3v) is 5.03. The first-order chi connectivity index (χ1) is 10.5. The number of nitrogens with zero attached hydrogens (tertiary/aromatic N) is 1. The van der Waals surface area contributed by atoms with Crippen molar-refractivity contribution in [2.75, 3.05) is 26.2 Å². The lowest BCUT2D eigenvalue weighted by Crippen LogP contribution is -2.27. The highest BCUT2D eigenvalue weighted by Crippen LogP contribution is 2.32. The van der Waals surface area contributed by atoms with Crippen LogP contribution in [-0.2, 0) is 0 Å². The van der Waals surface area contributed by atoms with Gasteiger partial charge in [0.05, 0.1) is 25.5 Å². The van der Waals surface area contributed by atoms with E-state index in [9.17, 15) is 4.79 Å². The van der Waals surface area contributed by atoms with E-state index in [1.54, 1.807) is 38.3 Å². The van der Waals surface area contributed by atoms with Crippen molar-refractivity contribution in [1.29, 1.82) is 0 Å². The van der Waals surface area contributed by atoms with E-state index in [0.717, 1.165) is 12.8 Å². The Morgan fingerprint density at radius 3 is 2.18 bits per heavy atom. The zero-order chi connectivity index (χ0) is 16.3. The van der Waals surface area contributed by atoms with E-state index in [4.69, 9.17) is 9.47 Å². The van der Waals surface area contributed by atoms with Crippen molar-refractivity contribution >= 4 is 56.8 Å². The molecule has 4 nitrogen and oxygen atoms in total. The van der Waals surface area contributed by atoms with Crippen molar-refractivity contribution in [2.45, 2.75) is 0 Å². The number of amides is 1. The Bertz CT molecular complexity index is 704. The third-order valence-electron chi connectivity index (χ3n) is 3.22. The van der Waals surface area contributed by atoms with Gasteiger partial charge in [-0.05, 0) is 69.4 Å². The van der Waals surface area contributed by atoms with E-state index in [1.165, 1.54) is 0 Å². The Hall–Kier alpha value is -1.03. The maximum Gasteiger partial charge on any atom is 0.259 e. The smallest absolute Gasteiger partial charge is 0.259 e. The maximum atomic E-state index is 12.8. The molecule has 0 spiro atoms. The number of anilines is 1. The highest BCUT2D eigenvalue weighted by atomic mass is 127. The second-order valence-corrected chi connectivity index (χ2v) is 6.83. The van der Waals surface area contributed by atoms with Crippen LogP contribution < -0.4 is 14.4 Å². The van der Waals surface area contributed by atoms with E-state index >= 15 is 0 Å². The molecular formula is C16H15I2NO3. The fraction of sp³-hybridized carbons (Fsp3) is 0.188. The van der Waals surface area contributed by atoms with Crippen LogP contribution in [0.3, 0.4) is 0 Å². The summed E-state index contributed by atoms with van der Waals surface area (Å²) in [4.78, 5) is 14.5. The van der Waals surface area contributed by atoms with Gasteiger partial charge >= 0.3 is 0 Å². The Kier molecular flexibility index (Phi) is 5.90. The molecular weight excluding hydrogens is 508 g/mol. The maximum absolute atomic E-state index is 12.8. The van der Waals surface area contributed by atoms with Crippen molar-refractivity contribution < 1.29 is 14.3 Å². The van der Waals surface area contributed by atoms with Crippen molar-refractivity contribution in [3.63, 3.8) is 0 Å². The van der Waals surface area contributed by atoms with Crippen LogP contribution in [0.5, 0.6) is 11.5 Å². The van der Waals surface area contributed by atoms with Crippen LogP contribution in [0.1, 0.15) is 10.4 Å². The topological polar surface area (TPSA) is 38.8 Å². The lowest BCUT2D eigenvalue weighted by molar-refractivity contribution is 0.0991. The molecule has 0 N–H and O–H groups in total. The molecule has 0 aliphatic heterocycles. The van der Waals surface area contributed by atoms with Gasteiger partial charge in [-0.1, -0.05) is 12.1 Å². The van der Waals surface area contributed by atoms with Crippen LogP contribution in [0.25, 0.3) is 0 Å². The molecule has 0 aliphatic rings. The van der Waals surface area contributed by atoms with E-state index in [1.807, 2.05) is 24.3 Å². The molecule has 0 saturated heterocycles. The van der Waals surface area contributed by atoms with Crippen LogP contribution in [0.15, 0.2) is 36.4 Å². The van der Waals surface area contributed by atoms with E-state index in [0.29, 0.717) is 17.1 Å². The molecule has 0 heterocycles. The van der Waals surface area contributed by atoms with Gasteiger partial charge in [-0.25, -0.2) is 0 Å². The monoisotopic (exact) mass is 523 g/mol. The largest absolute Gasteiger partial charge is 0.493 e. The summed E-state index contributed by atoms with van der Waals surface area (Å²) in [5.41, 5.74) is 1.46. The number of hydrogen-bond donors (Lipinski definition) is 0. The first-order valence-corrected chi connectivity index (χ1v) is 8.59. The summed E-state index contributed by atoms with van der Waals surface area (Å²) in [6, 6.07) is 11.3. The number of rotatable bonds is 4. The minimum Gasteiger partial charge on any atom is -0.493 e. The molecule has 0 bridgehead atoms. The van der Waals surface area contributed by atoms with Crippen molar-refractivity contribution in [1.82, 2.24) is 0 Å². The number of carbonyl (C=O) groups excluding carboxylic acids is 1. The predicted molar refractivity (Wildman–Crippen MR) is 104 cm³/mol. The second kappa shape index (κ2) is 7.49. The Morgan fingerprint density at radius 2 is 1.59 bits per heavy atom. The molecule has 22 heavy (non-hydrogen) atoms. The molecule has 0 aliphatic carbocycles. The quantitative estimate of drug-likeness (QED) is 0.565. The molecule has 0 radical (unpaired) electrons. The number of hydrogen-bond acceptors (Lipinski definition) is 3. The minimum absolute atomic E-state index is 0.0885. The molecule has 0 atom stereocenters. The summed E-state index contributed by atoms with van der Waals surface area (Å²) in [6.45, 7) is 0. The van der Waals surface area contributed by atoms with Gasteiger partial charge in [-0.2, -0.15) is 0 Å². The molecule has 2 aromatic carbocycles. The zero-order valence-electron chi connectivity index (χ0n) is 12.4. The summed E-state index contributed by atoms with van der Waals surface area (Å²) in [7, 11) is 4.91. The van der Waals surface area contributed by atoms with Crippen molar-refractivity contribution in [2.24, 2.45) is 0 Å². The van der Waals surface area contributed by atoms with Crippen LogP contribution >= 0.6 is 45.2 Å².